The standard InChI is InChI=1S/C17H17BrFIN2O2/c1-23-15(11-3-2-4-12(6-11)24-17(19)20)14-9-22-16-13(14)5-10(7-18)8-21-16/h2-6,8,14-15,17H,7,9H2,1H3,(H,21,22). The maximum absolute atomic E-state index is 13.1. The lowest BCUT2D eigenvalue weighted by Crippen LogP contribution is -2.15. The molecule has 0 bridgehead atoms. The van der Waals surface area contributed by atoms with Gasteiger partial charge < -0.3 is 14.8 Å². The van der Waals surface area contributed by atoms with E-state index in [-0.39, 0.29) is 12.0 Å². The Morgan fingerprint density at radius 1 is 1.46 bits per heavy atom. The molecule has 3 rings (SSSR count). The topological polar surface area (TPSA) is 43.4 Å². The predicted octanol–water partition coefficient (Wildman–Crippen LogP) is 4.94. The molecule has 24 heavy (non-hydrogen) atoms. The van der Waals surface area contributed by atoms with Crippen LogP contribution in [0.3, 0.4) is 0 Å². The Morgan fingerprint density at radius 2 is 2.29 bits per heavy atom. The second-order valence-corrected chi connectivity index (χ2v) is 7.05. The maximum atomic E-state index is 13.1. The van der Waals surface area contributed by atoms with E-state index >= 15 is 0 Å². The summed E-state index contributed by atoms with van der Waals surface area (Å²) in [4.78, 5) is 4.48. The molecule has 3 unspecified atom stereocenters. The van der Waals surface area contributed by atoms with Gasteiger partial charge in [0.15, 0.2) is 0 Å². The Balaban J connectivity index is 1.91. The van der Waals surface area contributed by atoms with Gasteiger partial charge in [-0.25, -0.2) is 4.98 Å². The fraction of sp³-hybridized carbons (Fsp3) is 0.353. The van der Waals surface area contributed by atoms with E-state index in [2.05, 4.69) is 32.3 Å². The Labute approximate surface area is 162 Å². The second-order valence-electron chi connectivity index (χ2n) is 5.51. The molecule has 4 nitrogen and oxygen atoms in total. The molecule has 1 aliphatic rings. The number of hydrogen-bond acceptors (Lipinski definition) is 4. The molecule has 0 saturated carbocycles. The van der Waals surface area contributed by atoms with Crippen molar-refractivity contribution in [3.05, 3.63) is 53.2 Å². The Hall–Kier alpha value is -0.930. The third-order valence-corrected chi connectivity index (χ3v) is 4.95. The van der Waals surface area contributed by atoms with Crippen LogP contribution in [0.2, 0.25) is 0 Å². The van der Waals surface area contributed by atoms with E-state index in [1.165, 1.54) is 0 Å². The van der Waals surface area contributed by atoms with Crippen molar-refractivity contribution in [3.8, 4) is 5.75 Å². The van der Waals surface area contributed by atoms with Crippen LogP contribution >= 0.6 is 38.5 Å². The van der Waals surface area contributed by atoms with Crippen molar-refractivity contribution in [3.63, 3.8) is 0 Å². The first-order valence-corrected chi connectivity index (χ1v) is 9.85. The lowest BCUT2D eigenvalue weighted by Gasteiger charge is -2.23. The molecule has 0 spiro atoms. The van der Waals surface area contributed by atoms with E-state index < -0.39 is 4.36 Å². The highest BCUT2D eigenvalue weighted by Gasteiger charge is 2.32. The summed E-state index contributed by atoms with van der Waals surface area (Å²) in [6.45, 7) is 0.746. The third kappa shape index (κ3) is 3.83. The summed E-state index contributed by atoms with van der Waals surface area (Å²) in [6.07, 6.45) is 1.70. The van der Waals surface area contributed by atoms with Crippen molar-refractivity contribution in [1.82, 2.24) is 4.98 Å². The molecule has 0 saturated heterocycles. The smallest absolute Gasteiger partial charge is 0.288 e. The van der Waals surface area contributed by atoms with Crippen LogP contribution in [-0.4, -0.2) is 23.0 Å². The van der Waals surface area contributed by atoms with E-state index in [0.717, 1.165) is 34.4 Å². The number of pyridine rings is 1. The highest BCUT2D eigenvalue weighted by Crippen LogP contribution is 2.41. The minimum Gasteiger partial charge on any atom is -0.452 e. The Kier molecular flexibility index (Phi) is 5.93. The quantitative estimate of drug-likeness (QED) is 0.445. The molecule has 0 fully saturated rings. The molecule has 2 heterocycles. The zero-order valence-corrected chi connectivity index (χ0v) is 16.8. The fourth-order valence-corrected chi connectivity index (χ4v) is 3.62. The summed E-state index contributed by atoms with van der Waals surface area (Å²) in [6, 6.07) is 9.55. The third-order valence-electron chi connectivity index (χ3n) is 4.05. The lowest BCUT2D eigenvalue weighted by atomic mass is 9.91. The van der Waals surface area contributed by atoms with Crippen LogP contribution in [0.5, 0.6) is 5.75 Å². The van der Waals surface area contributed by atoms with Gasteiger partial charge in [0, 0.05) is 59.3 Å². The molecule has 3 atom stereocenters. The predicted molar refractivity (Wildman–Crippen MR) is 104 cm³/mol. The molecule has 2 aromatic rings. The van der Waals surface area contributed by atoms with E-state index in [0.29, 0.717) is 5.75 Å². The number of methoxy groups -OCH3 is 1. The van der Waals surface area contributed by atoms with Gasteiger partial charge in [-0.15, -0.1) is 0 Å². The molecule has 0 amide bonds. The van der Waals surface area contributed by atoms with Crippen LogP contribution in [0.25, 0.3) is 0 Å². The van der Waals surface area contributed by atoms with Gasteiger partial charge >= 0.3 is 0 Å². The van der Waals surface area contributed by atoms with Gasteiger partial charge in [-0.3, -0.25) is 0 Å². The SMILES string of the molecule is COC(c1cccc(OC(F)I)c1)C1CNc2ncc(CBr)cc21. The van der Waals surface area contributed by atoms with Crippen molar-refractivity contribution >= 4 is 44.3 Å². The van der Waals surface area contributed by atoms with Crippen LogP contribution in [0.15, 0.2) is 36.5 Å². The molecule has 1 N–H and O–H groups in total. The number of nitrogens with one attached hydrogen (secondary N) is 1. The number of halogens is 3. The molecular weight excluding hydrogens is 490 g/mol. The van der Waals surface area contributed by atoms with Crippen molar-refractivity contribution in [2.75, 3.05) is 19.0 Å². The van der Waals surface area contributed by atoms with E-state index in [4.69, 9.17) is 9.47 Å². The number of nitrogens with zero attached hydrogens (tertiary/aromatic N) is 1. The number of hydrogen-bond donors (Lipinski definition) is 1. The van der Waals surface area contributed by atoms with E-state index in [9.17, 15) is 4.39 Å². The van der Waals surface area contributed by atoms with Crippen molar-refractivity contribution in [2.24, 2.45) is 0 Å². The molecule has 7 heteroatoms. The first-order valence-electron chi connectivity index (χ1n) is 7.48. The summed E-state index contributed by atoms with van der Waals surface area (Å²) in [5.74, 6) is 1.53. The Morgan fingerprint density at radius 3 is 3.00 bits per heavy atom. The van der Waals surface area contributed by atoms with Crippen molar-refractivity contribution in [1.29, 1.82) is 0 Å². The Bertz CT molecular complexity index is 717. The summed E-state index contributed by atoms with van der Waals surface area (Å²) >= 11 is 5.06. The fourth-order valence-electron chi connectivity index (χ4n) is 3.02. The lowest BCUT2D eigenvalue weighted by molar-refractivity contribution is 0.0832. The van der Waals surface area contributed by atoms with Crippen LogP contribution in [0.4, 0.5) is 10.2 Å². The molecule has 1 aromatic heterocycles. The van der Waals surface area contributed by atoms with Crippen molar-refractivity contribution < 1.29 is 13.9 Å². The van der Waals surface area contributed by atoms with Gasteiger partial charge in [0.1, 0.15) is 11.6 Å². The highest BCUT2D eigenvalue weighted by molar-refractivity contribution is 14.1. The van der Waals surface area contributed by atoms with E-state index in [1.54, 1.807) is 35.8 Å². The zero-order chi connectivity index (χ0) is 17.1. The molecule has 0 aliphatic carbocycles. The van der Waals surface area contributed by atoms with Gasteiger partial charge in [-0.05, 0) is 29.3 Å². The first kappa shape index (κ1) is 17.9. The largest absolute Gasteiger partial charge is 0.452 e. The minimum absolute atomic E-state index is 0.132. The van der Waals surface area contributed by atoms with Crippen LogP contribution in [0, 0.1) is 0 Å². The van der Waals surface area contributed by atoms with Crippen LogP contribution in [0.1, 0.15) is 28.7 Å². The maximum Gasteiger partial charge on any atom is 0.288 e. The van der Waals surface area contributed by atoms with Crippen LogP contribution in [-0.2, 0) is 10.1 Å². The average molecular weight is 507 g/mol. The molecular formula is C17H17BrFIN2O2. The van der Waals surface area contributed by atoms with Gasteiger partial charge in [0.05, 0.1) is 6.10 Å². The average Bonchev–Trinajstić information content (AvgIpc) is 2.98. The van der Waals surface area contributed by atoms with Gasteiger partial charge in [0.25, 0.3) is 4.36 Å². The van der Waals surface area contributed by atoms with Crippen molar-refractivity contribution in [2.45, 2.75) is 21.7 Å². The minimum atomic E-state index is -1.38. The van der Waals surface area contributed by atoms with Gasteiger partial charge in [-0.1, -0.05) is 28.1 Å². The number of anilines is 1. The molecule has 0 radical (unpaired) electrons. The number of alkyl halides is 3. The summed E-state index contributed by atoms with van der Waals surface area (Å²) < 4.78 is 22.6. The van der Waals surface area contributed by atoms with Gasteiger partial charge in [-0.2, -0.15) is 4.39 Å². The number of benzene rings is 1. The van der Waals surface area contributed by atoms with E-state index in [1.807, 2.05) is 24.4 Å². The number of rotatable bonds is 6. The number of fused-ring (bicyclic) bond motifs is 1. The summed E-state index contributed by atoms with van der Waals surface area (Å²) in [7, 11) is 1.69. The second kappa shape index (κ2) is 7.97. The normalized spacial score (nSPS) is 18.6. The molecule has 128 valence electrons. The van der Waals surface area contributed by atoms with Crippen LogP contribution < -0.4 is 10.1 Å². The summed E-state index contributed by atoms with van der Waals surface area (Å²) in [5.41, 5.74) is 3.22. The first-order chi connectivity index (χ1) is 11.6. The summed E-state index contributed by atoms with van der Waals surface area (Å²) in [5, 5.41) is 4.09. The number of ether oxygens (including phenoxy) is 2. The zero-order valence-electron chi connectivity index (χ0n) is 13.0. The molecule has 1 aliphatic heterocycles. The number of aromatic nitrogens is 1. The van der Waals surface area contributed by atoms with Gasteiger partial charge in [0.2, 0.25) is 0 Å². The highest BCUT2D eigenvalue weighted by atomic mass is 127. The molecule has 1 aromatic carbocycles. The monoisotopic (exact) mass is 506 g/mol.